The third-order valence-electron chi connectivity index (χ3n) is 6.50. The zero-order chi connectivity index (χ0) is 22.1. The lowest BCUT2D eigenvalue weighted by Crippen LogP contribution is -2.57. The average Bonchev–Trinajstić information content (AvgIpc) is 2.71. The second-order valence-electron chi connectivity index (χ2n) is 8.86. The molecule has 0 bridgehead atoms. The summed E-state index contributed by atoms with van der Waals surface area (Å²) >= 11 is 0. The van der Waals surface area contributed by atoms with Crippen molar-refractivity contribution in [1.29, 1.82) is 0 Å². The second-order valence-corrected chi connectivity index (χ2v) is 8.86. The van der Waals surface area contributed by atoms with Crippen LogP contribution in [0, 0.1) is 5.92 Å². The number of aromatic nitrogens is 1. The lowest BCUT2D eigenvalue weighted by molar-refractivity contribution is -0.142. The maximum absolute atomic E-state index is 13.0. The van der Waals surface area contributed by atoms with Crippen molar-refractivity contribution in [2.45, 2.75) is 45.8 Å². The van der Waals surface area contributed by atoms with E-state index < -0.39 is 5.91 Å². The number of hydrogen-bond acceptors (Lipinski definition) is 4. The minimum atomic E-state index is -0.693. The lowest BCUT2D eigenvalue weighted by atomic mass is 9.92. The number of aryl methyl sites for hydroxylation is 2. The molecule has 0 unspecified atom stereocenters. The number of pyridine rings is 1. The van der Waals surface area contributed by atoms with Crippen LogP contribution < -0.4 is 11.3 Å². The van der Waals surface area contributed by atoms with E-state index in [-0.39, 0.29) is 22.9 Å². The first-order chi connectivity index (χ1) is 14.8. The molecule has 1 aromatic heterocycles. The summed E-state index contributed by atoms with van der Waals surface area (Å²) in [5.41, 5.74) is 8.00. The molecular formula is C24H30N4O3. The standard InChI is InChI=1S/C24H30N4O3/c1-16(2)28-14-19(15-28)23(30)26-11-9-20-18(12-26)13-27(24(31)21(20)22(25)29)10-8-17-6-4-3-5-7-17/h3-7,13,16,19H,8-12,14-15H2,1-2H3,(H2,25,29). The van der Waals surface area contributed by atoms with Crippen LogP contribution in [-0.2, 0) is 30.7 Å². The molecule has 0 atom stereocenters. The highest BCUT2D eigenvalue weighted by Crippen LogP contribution is 2.26. The number of hydrogen-bond donors (Lipinski definition) is 1. The summed E-state index contributed by atoms with van der Waals surface area (Å²) in [6, 6.07) is 10.3. The largest absolute Gasteiger partial charge is 0.365 e. The van der Waals surface area contributed by atoms with Gasteiger partial charge in [0.25, 0.3) is 11.5 Å². The number of likely N-dealkylation sites (tertiary alicyclic amines) is 1. The first-order valence-electron chi connectivity index (χ1n) is 11.0. The van der Waals surface area contributed by atoms with Crippen molar-refractivity contribution < 1.29 is 9.59 Å². The number of fused-ring (bicyclic) bond motifs is 1. The summed E-state index contributed by atoms with van der Waals surface area (Å²) in [7, 11) is 0. The monoisotopic (exact) mass is 422 g/mol. The predicted octanol–water partition coefficient (Wildman–Crippen LogP) is 1.41. The molecule has 2 aromatic rings. The number of carbonyl (C=O) groups excluding carboxylic acids is 2. The quantitative estimate of drug-likeness (QED) is 0.763. The Morgan fingerprint density at radius 1 is 1.16 bits per heavy atom. The van der Waals surface area contributed by atoms with E-state index in [0.29, 0.717) is 44.1 Å². The number of amides is 2. The van der Waals surface area contributed by atoms with Gasteiger partial charge in [-0.1, -0.05) is 30.3 Å². The Morgan fingerprint density at radius 2 is 1.87 bits per heavy atom. The summed E-state index contributed by atoms with van der Waals surface area (Å²) in [5.74, 6) is -0.504. The maximum atomic E-state index is 13.0. The molecule has 7 heteroatoms. The molecule has 31 heavy (non-hydrogen) atoms. The van der Waals surface area contributed by atoms with Crippen molar-refractivity contribution in [3.63, 3.8) is 0 Å². The van der Waals surface area contributed by atoms with Crippen molar-refractivity contribution in [3.05, 3.63) is 69.1 Å². The summed E-state index contributed by atoms with van der Waals surface area (Å²) in [5, 5.41) is 0. The van der Waals surface area contributed by atoms with E-state index in [1.54, 1.807) is 4.57 Å². The summed E-state index contributed by atoms with van der Waals surface area (Å²) in [6.45, 7) is 7.24. The van der Waals surface area contributed by atoms with Crippen LogP contribution in [0.4, 0.5) is 0 Å². The molecule has 1 saturated heterocycles. The van der Waals surface area contributed by atoms with Gasteiger partial charge in [-0.25, -0.2) is 0 Å². The maximum Gasteiger partial charge on any atom is 0.263 e. The first-order valence-corrected chi connectivity index (χ1v) is 11.0. The number of nitrogens with two attached hydrogens (primary N) is 1. The topological polar surface area (TPSA) is 88.6 Å². The van der Waals surface area contributed by atoms with Gasteiger partial charge in [0.2, 0.25) is 5.91 Å². The molecule has 2 N–H and O–H groups in total. The minimum Gasteiger partial charge on any atom is -0.365 e. The van der Waals surface area contributed by atoms with Gasteiger partial charge < -0.3 is 15.2 Å². The Morgan fingerprint density at radius 3 is 2.52 bits per heavy atom. The Balaban J connectivity index is 1.55. The summed E-state index contributed by atoms with van der Waals surface area (Å²) in [4.78, 5) is 42.2. The number of benzene rings is 1. The van der Waals surface area contributed by atoms with Crippen molar-refractivity contribution >= 4 is 11.8 Å². The zero-order valence-corrected chi connectivity index (χ0v) is 18.2. The molecule has 0 spiro atoms. The van der Waals surface area contributed by atoms with Gasteiger partial charge >= 0.3 is 0 Å². The van der Waals surface area contributed by atoms with Crippen molar-refractivity contribution in [2.24, 2.45) is 11.7 Å². The fourth-order valence-electron chi connectivity index (χ4n) is 4.56. The van der Waals surface area contributed by atoms with E-state index in [1.165, 1.54) is 0 Å². The Kier molecular flexibility index (Phi) is 5.96. The number of nitrogens with zero attached hydrogens (tertiary/aromatic N) is 3. The number of carbonyl (C=O) groups is 2. The Hall–Kier alpha value is -2.93. The average molecular weight is 423 g/mol. The Labute approximate surface area is 182 Å². The zero-order valence-electron chi connectivity index (χ0n) is 18.2. The third-order valence-corrected chi connectivity index (χ3v) is 6.50. The second kappa shape index (κ2) is 8.67. The van der Waals surface area contributed by atoms with E-state index in [0.717, 1.165) is 24.2 Å². The summed E-state index contributed by atoms with van der Waals surface area (Å²) < 4.78 is 1.57. The summed E-state index contributed by atoms with van der Waals surface area (Å²) in [6.07, 6.45) is 2.97. The van der Waals surface area contributed by atoms with Crippen LogP contribution in [0.1, 0.15) is 40.9 Å². The molecule has 0 radical (unpaired) electrons. The highest BCUT2D eigenvalue weighted by Gasteiger charge is 2.37. The third kappa shape index (κ3) is 4.28. The van der Waals surface area contributed by atoms with Gasteiger partial charge in [-0.3, -0.25) is 19.3 Å². The van der Waals surface area contributed by atoms with Crippen molar-refractivity contribution in [2.75, 3.05) is 19.6 Å². The van der Waals surface area contributed by atoms with E-state index in [9.17, 15) is 14.4 Å². The van der Waals surface area contributed by atoms with Gasteiger partial charge in [-0.15, -0.1) is 0 Å². The van der Waals surface area contributed by atoms with Crippen LogP contribution in [0.25, 0.3) is 0 Å². The fourth-order valence-corrected chi connectivity index (χ4v) is 4.56. The lowest BCUT2D eigenvalue weighted by Gasteiger charge is -2.43. The van der Waals surface area contributed by atoms with E-state index in [1.807, 2.05) is 41.4 Å². The highest BCUT2D eigenvalue weighted by atomic mass is 16.2. The molecule has 3 heterocycles. The SMILES string of the molecule is CC(C)N1CC(C(=O)N2CCc3c(cn(CCc4ccccc4)c(=O)c3C(N)=O)C2)C1. The molecule has 0 saturated carbocycles. The van der Waals surface area contributed by atoms with Gasteiger partial charge in [0, 0.05) is 45.0 Å². The van der Waals surface area contributed by atoms with Crippen LogP contribution in [0.15, 0.2) is 41.3 Å². The van der Waals surface area contributed by atoms with Crippen LogP contribution in [-0.4, -0.2) is 51.9 Å². The molecule has 1 aromatic carbocycles. The van der Waals surface area contributed by atoms with E-state index in [4.69, 9.17) is 5.73 Å². The van der Waals surface area contributed by atoms with Gasteiger partial charge in [-0.2, -0.15) is 0 Å². The molecule has 2 amide bonds. The highest BCUT2D eigenvalue weighted by molar-refractivity contribution is 5.94. The van der Waals surface area contributed by atoms with Crippen LogP contribution >= 0.6 is 0 Å². The van der Waals surface area contributed by atoms with Gasteiger partial charge in [0.15, 0.2) is 0 Å². The van der Waals surface area contributed by atoms with Crippen LogP contribution in [0.2, 0.25) is 0 Å². The van der Waals surface area contributed by atoms with E-state index >= 15 is 0 Å². The number of primary amides is 1. The molecule has 2 aliphatic heterocycles. The number of rotatable bonds is 6. The Bertz CT molecular complexity index is 1040. The first kappa shape index (κ1) is 21.3. The molecule has 2 aliphatic rings. The predicted molar refractivity (Wildman–Crippen MR) is 119 cm³/mol. The minimum absolute atomic E-state index is 0.0311. The molecule has 0 aliphatic carbocycles. The van der Waals surface area contributed by atoms with E-state index in [2.05, 4.69) is 18.7 Å². The van der Waals surface area contributed by atoms with Crippen LogP contribution in [0.3, 0.4) is 0 Å². The molecule has 7 nitrogen and oxygen atoms in total. The van der Waals surface area contributed by atoms with Crippen molar-refractivity contribution in [1.82, 2.24) is 14.4 Å². The molecule has 164 valence electrons. The smallest absolute Gasteiger partial charge is 0.263 e. The van der Waals surface area contributed by atoms with Crippen LogP contribution in [0.5, 0.6) is 0 Å². The molecule has 4 rings (SSSR count). The van der Waals surface area contributed by atoms with Crippen molar-refractivity contribution in [3.8, 4) is 0 Å². The van der Waals surface area contributed by atoms with Gasteiger partial charge in [-0.05, 0) is 43.4 Å². The molecular weight excluding hydrogens is 392 g/mol. The van der Waals surface area contributed by atoms with Gasteiger partial charge in [0.05, 0.1) is 5.92 Å². The van der Waals surface area contributed by atoms with Gasteiger partial charge in [0.1, 0.15) is 5.56 Å². The normalized spacial score (nSPS) is 16.8. The fraction of sp³-hybridized carbons (Fsp3) is 0.458. The molecule has 1 fully saturated rings.